The molecule has 0 radical (unpaired) electrons. The van der Waals surface area contributed by atoms with Crippen molar-refractivity contribution in [2.75, 3.05) is 6.26 Å². The summed E-state index contributed by atoms with van der Waals surface area (Å²) in [7, 11) is -3.59. The molecule has 2 aromatic carbocycles. The Morgan fingerprint density at radius 1 is 1.10 bits per heavy atom. The monoisotopic (exact) mass is 429 g/mol. The number of fused-ring (bicyclic) bond motifs is 1. The standard InChI is InChI=1S/C21H17F2N3O3S/c1-30(27,28)20-9-7-16(23)18(25-20)11-17(24)13-4-2-3-5-14(13)21-15-10-12(22)6-8-19(15)29-26-21/h2-10,17H,11,24H2,1H3/t17-/m0/s1. The van der Waals surface area contributed by atoms with Crippen LogP contribution >= 0.6 is 0 Å². The van der Waals surface area contributed by atoms with Crippen LogP contribution in [-0.4, -0.2) is 24.8 Å². The molecule has 0 saturated heterocycles. The topological polar surface area (TPSA) is 99.1 Å². The van der Waals surface area contributed by atoms with Crippen LogP contribution in [0.25, 0.3) is 22.2 Å². The van der Waals surface area contributed by atoms with Gasteiger partial charge in [-0.05, 0) is 35.9 Å². The Morgan fingerprint density at radius 3 is 2.63 bits per heavy atom. The summed E-state index contributed by atoms with van der Waals surface area (Å²) < 4.78 is 56.8. The smallest absolute Gasteiger partial charge is 0.192 e. The SMILES string of the molecule is CS(=O)(=O)c1ccc(F)c(C[C@H](N)c2ccccc2-c2noc3ccc(F)cc23)n1. The summed E-state index contributed by atoms with van der Waals surface area (Å²) in [5.41, 5.74) is 8.34. The lowest BCUT2D eigenvalue weighted by Crippen LogP contribution is -2.17. The van der Waals surface area contributed by atoms with Gasteiger partial charge >= 0.3 is 0 Å². The number of halogens is 2. The van der Waals surface area contributed by atoms with Gasteiger partial charge in [0.15, 0.2) is 20.4 Å². The van der Waals surface area contributed by atoms with Gasteiger partial charge in [0, 0.05) is 24.3 Å². The first kappa shape index (κ1) is 20.1. The minimum Gasteiger partial charge on any atom is -0.356 e. The number of sulfone groups is 1. The van der Waals surface area contributed by atoms with Crippen molar-refractivity contribution in [2.24, 2.45) is 5.73 Å². The number of aromatic nitrogens is 2. The van der Waals surface area contributed by atoms with E-state index in [-0.39, 0.29) is 17.1 Å². The van der Waals surface area contributed by atoms with Crippen molar-refractivity contribution in [1.29, 1.82) is 0 Å². The molecule has 0 aliphatic rings. The van der Waals surface area contributed by atoms with Crippen molar-refractivity contribution < 1.29 is 21.7 Å². The van der Waals surface area contributed by atoms with Gasteiger partial charge in [-0.3, -0.25) is 0 Å². The zero-order valence-electron chi connectivity index (χ0n) is 15.8. The van der Waals surface area contributed by atoms with Crippen molar-refractivity contribution in [3.05, 3.63) is 77.5 Å². The second-order valence-corrected chi connectivity index (χ2v) is 8.88. The predicted octanol–water partition coefficient (Wildman–Crippen LogP) is 3.81. The van der Waals surface area contributed by atoms with Crippen LogP contribution in [0.15, 0.2) is 64.1 Å². The molecule has 9 heteroatoms. The molecular weight excluding hydrogens is 412 g/mol. The van der Waals surface area contributed by atoms with Crippen LogP contribution in [0.4, 0.5) is 8.78 Å². The van der Waals surface area contributed by atoms with Gasteiger partial charge in [-0.15, -0.1) is 0 Å². The molecule has 0 fully saturated rings. The lowest BCUT2D eigenvalue weighted by atomic mass is 9.94. The van der Waals surface area contributed by atoms with Crippen LogP contribution in [0.2, 0.25) is 0 Å². The Morgan fingerprint density at radius 2 is 1.87 bits per heavy atom. The molecule has 0 aliphatic heterocycles. The quantitative estimate of drug-likeness (QED) is 0.518. The maximum absolute atomic E-state index is 14.3. The summed E-state index contributed by atoms with van der Waals surface area (Å²) in [5, 5.41) is 4.31. The Balaban J connectivity index is 1.75. The van der Waals surface area contributed by atoms with Gasteiger partial charge in [0.25, 0.3) is 0 Å². The van der Waals surface area contributed by atoms with Crippen LogP contribution < -0.4 is 5.73 Å². The average molecular weight is 429 g/mol. The average Bonchev–Trinajstić information content (AvgIpc) is 3.11. The fraction of sp³-hybridized carbons (Fsp3) is 0.143. The summed E-state index contributed by atoms with van der Waals surface area (Å²) in [6.45, 7) is 0. The van der Waals surface area contributed by atoms with E-state index >= 15 is 0 Å². The molecule has 6 nitrogen and oxygen atoms in total. The Labute approximate surface area is 171 Å². The molecule has 0 spiro atoms. The first-order valence-corrected chi connectivity index (χ1v) is 10.9. The molecule has 2 N–H and O–H groups in total. The molecule has 0 saturated carbocycles. The zero-order chi connectivity index (χ0) is 21.5. The zero-order valence-corrected chi connectivity index (χ0v) is 16.7. The second kappa shape index (κ2) is 7.58. The van der Waals surface area contributed by atoms with E-state index in [9.17, 15) is 17.2 Å². The highest BCUT2D eigenvalue weighted by molar-refractivity contribution is 7.90. The van der Waals surface area contributed by atoms with Crippen molar-refractivity contribution in [1.82, 2.24) is 10.1 Å². The molecule has 0 aliphatic carbocycles. The van der Waals surface area contributed by atoms with Gasteiger partial charge in [0.05, 0.1) is 11.1 Å². The van der Waals surface area contributed by atoms with Crippen molar-refractivity contribution in [3.8, 4) is 11.3 Å². The largest absolute Gasteiger partial charge is 0.356 e. The van der Waals surface area contributed by atoms with Gasteiger partial charge in [0.1, 0.15) is 17.3 Å². The van der Waals surface area contributed by atoms with Crippen molar-refractivity contribution in [3.63, 3.8) is 0 Å². The molecule has 30 heavy (non-hydrogen) atoms. The highest BCUT2D eigenvalue weighted by Crippen LogP contribution is 2.33. The van der Waals surface area contributed by atoms with Crippen LogP contribution in [0.5, 0.6) is 0 Å². The highest BCUT2D eigenvalue weighted by Gasteiger charge is 2.21. The van der Waals surface area contributed by atoms with Crippen LogP contribution in [0.1, 0.15) is 17.3 Å². The molecule has 0 bridgehead atoms. The molecule has 2 aromatic heterocycles. The van der Waals surface area contributed by atoms with Gasteiger partial charge in [-0.25, -0.2) is 22.2 Å². The fourth-order valence-corrected chi connectivity index (χ4v) is 3.86. The highest BCUT2D eigenvalue weighted by atomic mass is 32.2. The summed E-state index contributed by atoms with van der Waals surface area (Å²) in [6, 6.07) is 12.6. The number of hydrogen-bond acceptors (Lipinski definition) is 6. The lowest BCUT2D eigenvalue weighted by Gasteiger charge is -2.16. The Kier molecular flexibility index (Phi) is 5.08. The van der Waals surface area contributed by atoms with Gasteiger partial charge in [-0.1, -0.05) is 29.4 Å². The van der Waals surface area contributed by atoms with Gasteiger partial charge in [-0.2, -0.15) is 0 Å². The molecular formula is C21H17F2N3O3S. The molecule has 4 rings (SSSR count). The number of nitrogens with two attached hydrogens (primary N) is 1. The lowest BCUT2D eigenvalue weighted by molar-refractivity contribution is 0.459. The van der Waals surface area contributed by atoms with Crippen molar-refractivity contribution in [2.45, 2.75) is 17.5 Å². The van der Waals surface area contributed by atoms with Crippen molar-refractivity contribution >= 4 is 20.8 Å². The number of benzene rings is 2. The first-order chi connectivity index (χ1) is 14.2. The predicted molar refractivity (Wildman–Crippen MR) is 107 cm³/mol. The maximum atomic E-state index is 14.3. The van der Waals surface area contributed by atoms with E-state index in [4.69, 9.17) is 10.3 Å². The maximum Gasteiger partial charge on any atom is 0.192 e. The van der Waals surface area contributed by atoms with E-state index in [0.717, 1.165) is 18.4 Å². The third-order valence-corrected chi connectivity index (χ3v) is 5.72. The molecule has 0 amide bonds. The number of rotatable bonds is 5. The third kappa shape index (κ3) is 3.81. The van der Waals surface area contributed by atoms with Crippen LogP contribution in [0.3, 0.4) is 0 Å². The number of nitrogens with zero attached hydrogens (tertiary/aromatic N) is 2. The van der Waals surface area contributed by atoms with E-state index in [0.29, 0.717) is 27.8 Å². The molecule has 1 atom stereocenters. The normalized spacial score (nSPS) is 12.9. The third-order valence-electron chi connectivity index (χ3n) is 4.73. The minimum atomic E-state index is -3.59. The molecule has 2 heterocycles. The van der Waals surface area contributed by atoms with Crippen LogP contribution in [-0.2, 0) is 16.3 Å². The summed E-state index contributed by atoms with van der Waals surface area (Å²) in [6.07, 6.45) is 0.956. The van der Waals surface area contributed by atoms with E-state index in [1.165, 1.54) is 18.2 Å². The van der Waals surface area contributed by atoms with E-state index in [2.05, 4.69) is 10.1 Å². The van der Waals surface area contributed by atoms with E-state index < -0.39 is 27.5 Å². The summed E-state index contributed by atoms with van der Waals surface area (Å²) >= 11 is 0. The molecule has 0 unspecified atom stereocenters. The summed E-state index contributed by atoms with van der Waals surface area (Å²) in [4.78, 5) is 3.94. The minimum absolute atomic E-state index is 0.0453. The second-order valence-electron chi connectivity index (χ2n) is 6.92. The molecule has 4 aromatic rings. The Bertz CT molecular complexity index is 1350. The van der Waals surface area contributed by atoms with Gasteiger partial charge in [0.2, 0.25) is 0 Å². The fourth-order valence-electron chi connectivity index (χ4n) is 3.27. The van der Waals surface area contributed by atoms with Crippen LogP contribution in [0, 0.1) is 11.6 Å². The number of pyridine rings is 1. The van der Waals surface area contributed by atoms with E-state index in [1.54, 1.807) is 24.3 Å². The first-order valence-electron chi connectivity index (χ1n) is 8.99. The number of hydrogen-bond donors (Lipinski definition) is 1. The molecule has 154 valence electrons. The van der Waals surface area contributed by atoms with E-state index in [1.807, 2.05) is 0 Å². The summed E-state index contributed by atoms with van der Waals surface area (Å²) in [5.74, 6) is -1.08. The Hall–Kier alpha value is -3.17. The van der Waals surface area contributed by atoms with Gasteiger partial charge < -0.3 is 10.3 Å².